The lowest BCUT2D eigenvalue weighted by Crippen LogP contribution is -2.23. The first-order chi connectivity index (χ1) is 15.4. The van der Waals surface area contributed by atoms with E-state index in [-0.39, 0.29) is 5.02 Å². The Bertz CT molecular complexity index is 1060. The van der Waals surface area contributed by atoms with E-state index in [1.54, 1.807) is 12.3 Å². The second-order valence-electron chi connectivity index (χ2n) is 7.47. The third kappa shape index (κ3) is 6.00. The molecule has 0 bridgehead atoms. The maximum absolute atomic E-state index is 12.5. The van der Waals surface area contributed by atoms with Crippen molar-refractivity contribution in [3.63, 3.8) is 0 Å². The maximum atomic E-state index is 12.5. The lowest BCUT2D eigenvalue weighted by atomic mass is 9.96. The smallest absolute Gasteiger partial charge is 0.404 e. The van der Waals surface area contributed by atoms with Crippen LogP contribution in [0.1, 0.15) is 32.1 Å². The van der Waals surface area contributed by atoms with E-state index < -0.39 is 12.1 Å². The molecule has 0 saturated heterocycles. The highest BCUT2D eigenvalue weighted by atomic mass is 35.5. The molecule has 2 N–H and O–H groups in total. The van der Waals surface area contributed by atoms with Crippen LogP contribution in [0.2, 0.25) is 5.02 Å². The summed E-state index contributed by atoms with van der Waals surface area (Å²) in [6, 6.07) is 11.5. The van der Waals surface area contributed by atoms with Crippen LogP contribution < -0.4 is 15.4 Å². The molecule has 0 aliphatic heterocycles. The van der Waals surface area contributed by atoms with Gasteiger partial charge in [-0.25, -0.2) is 4.98 Å². The van der Waals surface area contributed by atoms with Crippen LogP contribution in [0, 0.1) is 0 Å². The minimum atomic E-state index is -4.82. The van der Waals surface area contributed by atoms with Gasteiger partial charge in [0.1, 0.15) is 11.6 Å². The van der Waals surface area contributed by atoms with Crippen molar-refractivity contribution in [2.45, 2.75) is 44.5 Å². The summed E-state index contributed by atoms with van der Waals surface area (Å²) in [4.78, 5) is 13.5. The average Bonchev–Trinajstić information content (AvgIpc) is 2.76. The minimum Gasteiger partial charge on any atom is -0.404 e. The Morgan fingerprint density at radius 2 is 1.78 bits per heavy atom. The van der Waals surface area contributed by atoms with Crippen LogP contribution in [0.15, 0.2) is 48.7 Å². The summed E-state index contributed by atoms with van der Waals surface area (Å²) >= 11 is 5.97. The van der Waals surface area contributed by atoms with E-state index in [2.05, 4.69) is 30.3 Å². The van der Waals surface area contributed by atoms with Gasteiger partial charge in [-0.05, 0) is 43.2 Å². The summed E-state index contributed by atoms with van der Waals surface area (Å²) in [7, 11) is 0. The minimum absolute atomic E-state index is 0.174. The zero-order valence-electron chi connectivity index (χ0n) is 17.0. The quantitative estimate of drug-likeness (QED) is 0.430. The third-order valence-corrected chi connectivity index (χ3v) is 5.32. The molecule has 0 radical (unpaired) electrons. The van der Waals surface area contributed by atoms with E-state index >= 15 is 0 Å². The predicted octanol–water partition coefficient (Wildman–Crippen LogP) is 6.58. The summed E-state index contributed by atoms with van der Waals surface area (Å²) < 4.78 is 41.4. The number of hydrogen-bond acceptors (Lipinski definition) is 6. The van der Waals surface area contributed by atoms with Gasteiger partial charge in [0.2, 0.25) is 5.95 Å². The van der Waals surface area contributed by atoms with E-state index in [0.717, 1.165) is 31.7 Å². The topological polar surface area (TPSA) is 72.0 Å². The molecule has 1 saturated carbocycles. The van der Waals surface area contributed by atoms with Crippen molar-refractivity contribution in [3.8, 4) is 17.1 Å². The summed E-state index contributed by atoms with van der Waals surface area (Å²) in [5.41, 5.74) is 1.75. The van der Waals surface area contributed by atoms with E-state index in [9.17, 15) is 13.2 Å². The number of rotatable bonds is 6. The number of halogens is 4. The number of aromatic nitrogens is 3. The van der Waals surface area contributed by atoms with Crippen LogP contribution in [0.25, 0.3) is 11.4 Å². The maximum Gasteiger partial charge on any atom is 0.573 e. The van der Waals surface area contributed by atoms with Gasteiger partial charge in [-0.3, -0.25) is 4.98 Å². The molecular weight excluding hydrogens is 443 g/mol. The molecule has 3 aromatic rings. The zero-order chi connectivity index (χ0) is 22.6. The lowest BCUT2D eigenvalue weighted by molar-refractivity contribution is -0.274. The second kappa shape index (κ2) is 9.60. The molecule has 10 heteroatoms. The standard InChI is InChI=1S/C22H21ClF3N5O/c23-16-12-15(9-10-19(16)32-22(24,25)26)28-20-13-18(17-8-4-5-11-27-17)30-21(31-20)29-14-6-2-1-3-7-14/h4-5,8-14H,1-3,6-7H2,(H2,28,29,30,31). The molecule has 0 atom stereocenters. The first kappa shape index (κ1) is 22.1. The van der Waals surface area contributed by atoms with Crippen LogP contribution in [0.3, 0.4) is 0 Å². The van der Waals surface area contributed by atoms with Crippen molar-refractivity contribution in [1.29, 1.82) is 0 Å². The molecule has 0 spiro atoms. The van der Waals surface area contributed by atoms with E-state index in [1.165, 1.54) is 18.6 Å². The molecule has 0 unspecified atom stereocenters. The number of ether oxygens (including phenoxy) is 1. The molecule has 1 aliphatic rings. The van der Waals surface area contributed by atoms with Gasteiger partial charge in [0.15, 0.2) is 0 Å². The largest absolute Gasteiger partial charge is 0.573 e. The van der Waals surface area contributed by atoms with E-state index in [0.29, 0.717) is 34.9 Å². The molecular formula is C22H21ClF3N5O. The first-order valence-electron chi connectivity index (χ1n) is 10.2. The van der Waals surface area contributed by atoms with Crippen LogP contribution >= 0.6 is 11.6 Å². The zero-order valence-corrected chi connectivity index (χ0v) is 17.7. The van der Waals surface area contributed by atoms with Gasteiger partial charge >= 0.3 is 6.36 Å². The van der Waals surface area contributed by atoms with Crippen molar-refractivity contribution < 1.29 is 17.9 Å². The van der Waals surface area contributed by atoms with E-state index in [1.807, 2.05) is 18.2 Å². The Morgan fingerprint density at radius 1 is 0.969 bits per heavy atom. The molecule has 6 nitrogen and oxygen atoms in total. The summed E-state index contributed by atoms with van der Waals surface area (Å²) in [5, 5.41) is 6.31. The van der Waals surface area contributed by atoms with Gasteiger partial charge in [0, 0.05) is 24.0 Å². The molecule has 32 heavy (non-hydrogen) atoms. The number of pyridine rings is 1. The van der Waals surface area contributed by atoms with Crippen molar-refractivity contribution >= 4 is 29.1 Å². The van der Waals surface area contributed by atoms with Crippen molar-refractivity contribution in [1.82, 2.24) is 15.0 Å². The van der Waals surface area contributed by atoms with Crippen molar-refractivity contribution in [2.24, 2.45) is 0 Å². The number of alkyl halides is 3. The van der Waals surface area contributed by atoms with E-state index in [4.69, 9.17) is 11.6 Å². The molecule has 168 valence electrons. The van der Waals surface area contributed by atoms with Crippen LogP contribution in [0.4, 0.5) is 30.6 Å². The Morgan fingerprint density at radius 3 is 2.47 bits per heavy atom. The fourth-order valence-electron chi connectivity index (χ4n) is 3.58. The van der Waals surface area contributed by atoms with Gasteiger partial charge < -0.3 is 15.4 Å². The number of nitrogens with one attached hydrogen (secondary N) is 2. The summed E-state index contributed by atoms with van der Waals surface area (Å²) in [5.74, 6) is 0.450. The Kier molecular flexibility index (Phi) is 6.64. The molecule has 2 aromatic heterocycles. The molecule has 1 aromatic carbocycles. The summed E-state index contributed by atoms with van der Waals surface area (Å²) in [6.45, 7) is 0. The molecule has 1 aliphatic carbocycles. The average molecular weight is 464 g/mol. The number of hydrogen-bond donors (Lipinski definition) is 2. The van der Waals surface area contributed by atoms with Crippen LogP contribution in [-0.4, -0.2) is 27.4 Å². The number of benzene rings is 1. The lowest BCUT2D eigenvalue weighted by Gasteiger charge is -2.23. The molecule has 1 fully saturated rings. The fraction of sp³-hybridized carbons (Fsp3) is 0.318. The van der Waals surface area contributed by atoms with Gasteiger partial charge in [0.05, 0.1) is 16.4 Å². The predicted molar refractivity (Wildman–Crippen MR) is 117 cm³/mol. The normalized spacial score (nSPS) is 14.8. The van der Waals surface area contributed by atoms with Gasteiger partial charge in [-0.2, -0.15) is 4.98 Å². The van der Waals surface area contributed by atoms with Crippen LogP contribution in [0.5, 0.6) is 5.75 Å². The van der Waals surface area contributed by atoms with Gasteiger partial charge in [-0.1, -0.05) is 36.9 Å². The molecule has 2 heterocycles. The number of nitrogens with zero attached hydrogens (tertiary/aromatic N) is 3. The molecule has 4 rings (SSSR count). The third-order valence-electron chi connectivity index (χ3n) is 5.02. The second-order valence-corrected chi connectivity index (χ2v) is 7.88. The molecule has 0 amide bonds. The SMILES string of the molecule is FC(F)(F)Oc1ccc(Nc2cc(-c3ccccn3)nc(NC3CCCCC3)n2)cc1Cl. The van der Waals surface area contributed by atoms with Gasteiger partial charge in [0.25, 0.3) is 0 Å². The highest BCUT2D eigenvalue weighted by Crippen LogP contribution is 2.33. The highest BCUT2D eigenvalue weighted by molar-refractivity contribution is 6.32. The van der Waals surface area contributed by atoms with Crippen molar-refractivity contribution in [3.05, 3.63) is 53.7 Å². The summed E-state index contributed by atoms with van der Waals surface area (Å²) in [6.07, 6.45) is 2.52. The Balaban J connectivity index is 1.60. The van der Waals surface area contributed by atoms with Gasteiger partial charge in [-0.15, -0.1) is 13.2 Å². The Hall–Kier alpha value is -3.07. The Labute approximate surface area is 188 Å². The highest BCUT2D eigenvalue weighted by Gasteiger charge is 2.32. The van der Waals surface area contributed by atoms with Crippen molar-refractivity contribution in [2.75, 3.05) is 10.6 Å². The monoisotopic (exact) mass is 463 g/mol. The first-order valence-corrected chi connectivity index (χ1v) is 10.6. The fourth-order valence-corrected chi connectivity index (χ4v) is 3.80. The van der Waals surface area contributed by atoms with Crippen LogP contribution in [-0.2, 0) is 0 Å². The number of anilines is 3.